The van der Waals surface area contributed by atoms with Crippen LogP contribution in [-0.2, 0) is 9.59 Å². The second-order valence-electron chi connectivity index (χ2n) is 5.75. The highest BCUT2D eigenvalue weighted by Crippen LogP contribution is 2.41. The number of hydrogen-bond acceptors (Lipinski definition) is 2. The Morgan fingerprint density at radius 1 is 1.23 bits per heavy atom. The Morgan fingerprint density at radius 3 is 2.68 bits per heavy atom. The number of fused-ring (bicyclic) bond motifs is 1. The summed E-state index contributed by atoms with van der Waals surface area (Å²) in [5, 5.41) is 11.6. The molecule has 4 nitrogen and oxygen atoms in total. The topological polar surface area (TPSA) is 57.6 Å². The molecule has 1 saturated heterocycles. The first kappa shape index (κ1) is 14.6. The number of carbonyl (C=O) groups is 2. The molecular weight excluding hydrogens is 278 g/mol. The number of amides is 1. The van der Waals surface area contributed by atoms with Crippen molar-refractivity contribution in [3.63, 3.8) is 0 Å². The minimum absolute atomic E-state index is 0.0628. The van der Waals surface area contributed by atoms with Crippen LogP contribution in [0.25, 0.3) is 10.8 Å². The summed E-state index contributed by atoms with van der Waals surface area (Å²) in [5.41, 5.74) is 0.935. The van der Waals surface area contributed by atoms with Gasteiger partial charge in [0.15, 0.2) is 0 Å². The van der Waals surface area contributed by atoms with Crippen molar-refractivity contribution < 1.29 is 14.7 Å². The molecule has 1 N–H and O–H groups in total. The molecule has 2 atom stereocenters. The van der Waals surface area contributed by atoms with Crippen LogP contribution in [0.1, 0.15) is 31.4 Å². The lowest BCUT2D eigenvalue weighted by Crippen LogP contribution is -2.31. The molecule has 2 aromatic rings. The molecule has 2 aromatic carbocycles. The van der Waals surface area contributed by atoms with E-state index in [4.69, 9.17) is 0 Å². The molecule has 22 heavy (non-hydrogen) atoms. The van der Waals surface area contributed by atoms with Gasteiger partial charge >= 0.3 is 5.97 Å². The van der Waals surface area contributed by atoms with Gasteiger partial charge in [-0.1, -0.05) is 49.4 Å². The van der Waals surface area contributed by atoms with Crippen molar-refractivity contribution >= 4 is 22.6 Å². The van der Waals surface area contributed by atoms with Crippen LogP contribution in [0.5, 0.6) is 0 Å². The number of rotatable bonds is 4. The lowest BCUT2D eigenvalue weighted by atomic mass is 9.90. The molecule has 1 aliphatic rings. The molecule has 1 heterocycles. The number of aliphatic carboxylic acids is 1. The minimum atomic E-state index is -0.898. The van der Waals surface area contributed by atoms with Gasteiger partial charge in [0.25, 0.3) is 0 Å². The van der Waals surface area contributed by atoms with E-state index in [0.29, 0.717) is 6.54 Å². The van der Waals surface area contributed by atoms with Crippen molar-refractivity contribution in [2.24, 2.45) is 5.92 Å². The average Bonchev–Trinajstić information content (AvgIpc) is 2.84. The first-order chi connectivity index (χ1) is 10.6. The molecule has 3 rings (SSSR count). The van der Waals surface area contributed by atoms with Crippen molar-refractivity contribution in [1.29, 1.82) is 0 Å². The standard InChI is InChI=1S/C18H19NO3/c1-2-10-19-16(20)11-15(18(21)22)17(19)14-9-5-7-12-6-3-4-8-13(12)14/h3-9,15,17H,2,10-11H2,1H3,(H,21,22)/t15?,17-/m1/s1. The third kappa shape index (κ3) is 2.34. The van der Waals surface area contributed by atoms with E-state index in [1.807, 2.05) is 49.4 Å². The zero-order valence-corrected chi connectivity index (χ0v) is 12.5. The molecule has 0 aromatic heterocycles. The molecule has 0 aliphatic carbocycles. The Labute approximate surface area is 129 Å². The summed E-state index contributed by atoms with van der Waals surface area (Å²) >= 11 is 0. The van der Waals surface area contributed by atoms with Crippen LogP contribution in [0.2, 0.25) is 0 Å². The first-order valence-corrected chi connectivity index (χ1v) is 7.63. The van der Waals surface area contributed by atoms with Gasteiger partial charge in [0.2, 0.25) is 5.91 Å². The Kier molecular flexibility index (Phi) is 3.84. The van der Waals surface area contributed by atoms with E-state index in [1.54, 1.807) is 4.90 Å². The minimum Gasteiger partial charge on any atom is -0.481 e. The van der Waals surface area contributed by atoms with Crippen LogP contribution in [0.3, 0.4) is 0 Å². The van der Waals surface area contributed by atoms with E-state index in [1.165, 1.54) is 0 Å². The summed E-state index contributed by atoms with van der Waals surface area (Å²) in [6.07, 6.45) is 0.905. The quantitative estimate of drug-likeness (QED) is 0.942. The van der Waals surface area contributed by atoms with Gasteiger partial charge < -0.3 is 10.0 Å². The lowest BCUT2D eigenvalue weighted by Gasteiger charge is -2.28. The van der Waals surface area contributed by atoms with Crippen LogP contribution in [0, 0.1) is 5.92 Å². The van der Waals surface area contributed by atoms with E-state index in [0.717, 1.165) is 22.8 Å². The maximum atomic E-state index is 12.3. The Hall–Kier alpha value is -2.36. The molecule has 1 fully saturated rings. The fourth-order valence-electron chi connectivity index (χ4n) is 3.41. The zero-order valence-electron chi connectivity index (χ0n) is 12.5. The summed E-state index contributed by atoms with van der Waals surface area (Å²) in [6, 6.07) is 13.4. The predicted molar refractivity (Wildman–Crippen MR) is 84.4 cm³/mol. The molecule has 1 unspecified atom stereocenters. The van der Waals surface area contributed by atoms with Crippen LogP contribution >= 0.6 is 0 Å². The highest BCUT2D eigenvalue weighted by molar-refractivity contribution is 5.91. The zero-order chi connectivity index (χ0) is 15.7. The third-order valence-corrected chi connectivity index (χ3v) is 4.36. The van der Waals surface area contributed by atoms with E-state index >= 15 is 0 Å². The Morgan fingerprint density at radius 2 is 1.95 bits per heavy atom. The van der Waals surface area contributed by atoms with Crippen molar-refractivity contribution in [2.75, 3.05) is 6.54 Å². The number of likely N-dealkylation sites (tertiary alicyclic amines) is 1. The van der Waals surface area contributed by atoms with Crippen molar-refractivity contribution in [3.05, 3.63) is 48.0 Å². The normalized spacial score (nSPS) is 21.5. The largest absolute Gasteiger partial charge is 0.481 e. The molecule has 114 valence electrons. The van der Waals surface area contributed by atoms with E-state index in [-0.39, 0.29) is 18.4 Å². The highest BCUT2D eigenvalue weighted by Gasteiger charge is 2.44. The van der Waals surface area contributed by atoms with Crippen molar-refractivity contribution in [3.8, 4) is 0 Å². The first-order valence-electron chi connectivity index (χ1n) is 7.63. The molecular formula is C18H19NO3. The monoisotopic (exact) mass is 297 g/mol. The van der Waals surface area contributed by atoms with E-state index in [9.17, 15) is 14.7 Å². The molecule has 0 radical (unpaired) electrons. The van der Waals surface area contributed by atoms with Crippen molar-refractivity contribution in [2.45, 2.75) is 25.8 Å². The summed E-state index contributed by atoms with van der Waals surface area (Å²) < 4.78 is 0. The van der Waals surface area contributed by atoms with Crippen LogP contribution < -0.4 is 0 Å². The lowest BCUT2D eigenvalue weighted by molar-refractivity contribution is -0.142. The number of hydrogen-bond donors (Lipinski definition) is 1. The maximum absolute atomic E-state index is 12.3. The smallest absolute Gasteiger partial charge is 0.309 e. The molecule has 4 heteroatoms. The number of carboxylic acid groups (broad SMARTS) is 1. The molecule has 1 amide bonds. The van der Waals surface area contributed by atoms with Gasteiger partial charge in [-0.15, -0.1) is 0 Å². The van der Waals surface area contributed by atoms with Crippen molar-refractivity contribution in [1.82, 2.24) is 4.90 Å². The fourth-order valence-corrected chi connectivity index (χ4v) is 3.41. The van der Waals surface area contributed by atoms with Crippen LogP contribution in [0.15, 0.2) is 42.5 Å². The second-order valence-corrected chi connectivity index (χ2v) is 5.75. The SMILES string of the molecule is CCCN1C(=O)CC(C(=O)O)[C@H]1c1cccc2ccccc12. The van der Waals surface area contributed by atoms with Crippen LogP contribution in [0.4, 0.5) is 0 Å². The Balaban J connectivity index is 2.15. The number of benzene rings is 2. The van der Waals surface area contributed by atoms with Gasteiger partial charge in [-0.05, 0) is 22.8 Å². The fraction of sp³-hybridized carbons (Fsp3) is 0.333. The van der Waals surface area contributed by atoms with Gasteiger partial charge in [-0.2, -0.15) is 0 Å². The number of carboxylic acids is 1. The van der Waals surface area contributed by atoms with E-state index in [2.05, 4.69) is 0 Å². The summed E-state index contributed by atoms with van der Waals surface area (Å²) in [7, 11) is 0. The highest BCUT2D eigenvalue weighted by atomic mass is 16.4. The van der Waals surface area contributed by atoms with E-state index < -0.39 is 11.9 Å². The third-order valence-electron chi connectivity index (χ3n) is 4.36. The predicted octanol–water partition coefficient (Wildman–Crippen LogP) is 3.22. The van der Waals surface area contributed by atoms with Gasteiger partial charge in [0.05, 0.1) is 12.0 Å². The Bertz CT molecular complexity index is 720. The summed E-state index contributed by atoms with van der Waals surface area (Å²) in [5.74, 6) is -1.64. The molecule has 0 spiro atoms. The van der Waals surface area contributed by atoms with Gasteiger partial charge in [0, 0.05) is 13.0 Å². The van der Waals surface area contributed by atoms with Gasteiger partial charge in [-0.25, -0.2) is 0 Å². The van der Waals surface area contributed by atoms with Gasteiger partial charge in [0.1, 0.15) is 0 Å². The maximum Gasteiger partial charge on any atom is 0.309 e. The summed E-state index contributed by atoms with van der Waals surface area (Å²) in [4.78, 5) is 25.6. The van der Waals surface area contributed by atoms with Gasteiger partial charge in [-0.3, -0.25) is 9.59 Å². The molecule has 0 saturated carbocycles. The number of nitrogens with zero attached hydrogens (tertiary/aromatic N) is 1. The van der Waals surface area contributed by atoms with Crippen LogP contribution in [-0.4, -0.2) is 28.4 Å². The second kappa shape index (κ2) is 5.79. The molecule has 0 bridgehead atoms. The molecule has 1 aliphatic heterocycles. The number of carbonyl (C=O) groups excluding carboxylic acids is 1. The average molecular weight is 297 g/mol. The summed E-state index contributed by atoms with van der Waals surface area (Å²) in [6.45, 7) is 2.60.